The molecule has 2 fully saturated rings. The predicted octanol–water partition coefficient (Wildman–Crippen LogP) is 3.50. The average Bonchev–Trinajstić information content (AvgIpc) is 3.00. The zero-order valence-electron chi connectivity index (χ0n) is 10.7. The van der Waals surface area contributed by atoms with E-state index in [2.05, 4.69) is 0 Å². The molecule has 0 aromatic heterocycles. The summed E-state index contributed by atoms with van der Waals surface area (Å²) in [5.41, 5.74) is 1.15. The minimum Gasteiger partial charge on any atom is -0.366 e. The SMILES string of the molecule is O=C1[C@H](OCc2ccccc2)CCC12CCCC2. The maximum absolute atomic E-state index is 12.4. The van der Waals surface area contributed by atoms with Crippen molar-refractivity contribution in [3.63, 3.8) is 0 Å². The van der Waals surface area contributed by atoms with Gasteiger partial charge in [-0.15, -0.1) is 0 Å². The number of ether oxygens (including phenoxy) is 1. The Morgan fingerprint density at radius 3 is 2.56 bits per heavy atom. The molecule has 0 N–H and O–H groups in total. The molecule has 0 saturated heterocycles. The molecule has 0 amide bonds. The highest BCUT2D eigenvalue weighted by Crippen LogP contribution is 2.48. The number of hydrogen-bond donors (Lipinski definition) is 0. The predicted molar refractivity (Wildman–Crippen MR) is 70.2 cm³/mol. The van der Waals surface area contributed by atoms with Gasteiger partial charge in [-0.25, -0.2) is 0 Å². The van der Waals surface area contributed by atoms with E-state index < -0.39 is 0 Å². The monoisotopic (exact) mass is 244 g/mol. The van der Waals surface area contributed by atoms with E-state index >= 15 is 0 Å². The zero-order valence-corrected chi connectivity index (χ0v) is 10.7. The second kappa shape index (κ2) is 4.85. The van der Waals surface area contributed by atoms with E-state index in [9.17, 15) is 4.79 Å². The van der Waals surface area contributed by atoms with Gasteiger partial charge in [-0.05, 0) is 31.2 Å². The number of benzene rings is 1. The summed E-state index contributed by atoms with van der Waals surface area (Å²) in [5, 5.41) is 0. The van der Waals surface area contributed by atoms with E-state index in [0.29, 0.717) is 12.4 Å². The molecule has 1 aromatic rings. The van der Waals surface area contributed by atoms with Gasteiger partial charge in [0.15, 0.2) is 5.78 Å². The Labute approximate surface area is 108 Å². The number of carbonyl (C=O) groups is 1. The van der Waals surface area contributed by atoms with E-state index in [0.717, 1.165) is 31.2 Å². The lowest BCUT2D eigenvalue weighted by molar-refractivity contribution is -0.135. The van der Waals surface area contributed by atoms with Gasteiger partial charge in [0.25, 0.3) is 0 Å². The first kappa shape index (κ1) is 11.9. The molecule has 2 aliphatic carbocycles. The fourth-order valence-corrected chi connectivity index (χ4v) is 3.48. The Morgan fingerprint density at radius 2 is 1.83 bits per heavy atom. The van der Waals surface area contributed by atoms with Crippen molar-refractivity contribution in [2.45, 2.75) is 51.2 Å². The largest absolute Gasteiger partial charge is 0.366 e. The number of hydrogen-bond acceptors (Lipinski definition) is 2. The molecule has 0 radical (unpaired) electrons. The summed E-state index contributed by atoms with van der Waals surface area (Å²) in [6.45, 7) is 0.563. The van der Waals surface area contributed by atoms with Crippen molar-refractivity contribution in [1.82, 2.24) is 0 Å². The Hall–Kier alpha value is -1.15. The third-order valence-electron chi connectivity index (χ3n) is 4.55. The lowest BCUT2D eigenvalue weighted by Crippen LogP contribution is -2.29. The molecule has 18 heavy (non-hydrogen) atoms. The second-order valence-corrected chi connectivity index (χ2v) is 5.68. The van der Waals surface area contributed by atoms with Gasteiger partial charge in [0.2, 0.25) is 0 Å². The third-order valence-corrected chi connectivity index (χ3v) is 4.55. The molecule has 1 spiro atoms. The van der Waals surface area contributed by atoms with Gasteiger partial charge >= 0.3 is 0 Å². The number of Topliss-reactive ketones (excluding diaryl/α,β-unsaturated/α-hetero) is 1. The Kier molecular flexibility index (Phi) is 3.21. The molecule has 0 heterocycles. The molecule has 2 nitrogen and oxygen atoms in total. The minimum atomic E-state index is -0.150. The molecule has 2 aliphatic rings. The van der Waals surface area contributed by atoms with Gasteiger partial charge in [0.05, 0.1) is 6.61 Å². The van der Waals surface area contributed by atoms with Gasteiger partial charge < -0.3 is 4.74 Å². The fraction of sp³-hybridized carbons (Fsp3) is 0.562. The van der Waals surface area contributed by atoms with Crippen molar-refractivity contribution in [3.8, 4) is 0 Å². The number of ketones is 1. The van der Waals surface area contributed by atoms with Crippen LogP contribution in [0.2, 0.25) is 0 Å². The maximum Gasteiger partial charge on any atom is 0.167 e. The van der Waals surface area contributed by atoms with Crippen LogP contribution in [0.15, 0.2) is 30.3 Å². The summed E-state index contributed by atoms with van der Waals surface area (Å²) in [6, 6.07) is 10.1. The first-order chi connectivity index (χ1) is 8.80. The summed E-state index contributed by atoms with van der Waals surface area (Å²) in [6.07, 6.45) is 6.45. The highest BCUT2D eigenvalue weighted by Gasteiger charge is 2.49. The van der Waals surface area contributed by atoms with E-state index in [1.165, 1.54) is 12.8 Å². The summed E-state index contributed by atoms with van der Waals surface area (Å²) in [7, 11) is 0. The molecule has 0 unspecified atom stereocenters. The van der Waals surface area contributed by atoms with Crippen LogP contribution in [-0.4, -0.2) is 11.9 Å². The highest BCUT2D eigenvalue weighted by atomic mass is 16.5. The fourth-order valence-electron chi connectivity index (χ4n) is 3.48. The van der Waals surface area contributed by atoms with Crippen LogP contribution >= 0.6 is 0 Å². The lowest BCUT2D eigenvalue weighted by atomic mass is 9.83. The Balaban J connectivity index is 1.60. The summed E-state index contributed by atoms with van der Waals surface area (Å²) < 4.78 is 5.84. The lowest BCUT2D eigenvalue weighted by Gasteiger charge is -2.20. The van der Waals surface area contributed by atoms with Crippen LogP contribution in [0.3, 0.4) is 0 Å². The van der Waals surface area contributed by atoms with Gasteiger partial charge in [-0.3, -0.25) is 4.79 Å². The molecular formula is C16H20O2. The van der Waals surface area contributed by atoms with Crippen molar-refractivity contribution >= 4 is 5.78 Å². The first-order valence-electron chi connectivity index (χ1n) is 7.00. The smallest absolute Gasteiger partial charge is 0.167 e. The van der Waals surface area contributed by atoms with Crippen molar-refractivity contribution in [3.05, 3.63) is 35.9 Å². The standard InChI is InChI=1S/C16H20O2/c17-15-14(8-11-16(15)9-4-5-10-16)18-12-13-6-2-1-3-7-13/h1-3,6-7,14H,4-5,8-12H2/t14-/m1/s1. The van der Waals surface area contributed by atoms with Crippen molar-refractivity contribution in [2.24, 2.45) is 5.41 Å². The van der Waals surface area contributed by atoms with Gasteiger partial charge in [-0.2, -0.15) is 0 Å². The Bertz CT molecular complexity index is 418. The highest BCUT2D eigenvalue weighted by molar-refractivity contribution is 5.91. The van der Waals surface area contributed by atoms with Crippen molar-refractivity contribution in [1.29, 1.82) is 0 Å². The molecule has 96 valence electrons. The second-order valence-electron chi connectivity index (χ2n) is 5.68. The van der Waals surface area contributed by atoms with Crippen LogP contribution in [-0.2, 0) is 16.1 Å². The van der Waals surface area contributed by atoms with E-state index in [4.69, 9.17) is 4.74 Å². The molecular weight excluding hydrogens is 224 g/mol. The van der Waals surface area contributed by atoms with E-state index in [1.54, 1.807) is 0 Å². The molecule has 1 atom stereocenters. The van der Waals surface area contributed by atoms with Crippen LogP contribution in [0.4, 0.5) is 0 Å². The minimum absolute atomic E-state index is 0.00134. The van der Waals surface area contributed by atoms with Crippen molar-refractivity contribution < 1.29 is 9.53 Å². The first-order valence-corrected chi connectivity index (χ1v) is 7.00. The number of carbonyl (C=O) groups excluding carboxylic acids is 1. The van der Waals surface area contributed by atoms with E-state index in [-0.39, 0.29) is 11.5 Å². The third kappa shape index (κ3) is 2.10. The van der Waals surface area contributed by atoms with Gasteiger partial charge in [-0.1, -0.05) is 43.2 Å². The zero-order chi connectivity index (χ0) is 12.4. The summed E-state index contributed by atoms with van der Waals surface area (Å²) >= 11 is 0. The summed E-state index contributed by atoms with van der Waals surface area (Å²) in [5.74, 6) is 0.385. The van der Waals surface area contributed by atoms with Crippen LogP contribution in [0.25, 0.3) is 0 Å². The molecule has 0 bridgehead atoms. The summed E-state index contributed by atoms with van der Waals surface area (Å²) in [4.78, 5) is 12.4. The van der Waals surface area contributed by atoms with Crippen LogP contribution in [0.5, 0.6) is 0 Å². The molecule has 2 saturated carbocycles. The normalized spacial score (nSPS) is 26.0. The van der Waals surface area contributed by atoms with Crippen molar-refractivity contribution in [2.75, 3.05) is 0 Å². The maximum atomic E-state index is 12.4. The number of rotatable bonds is 3. The molecule has 1 aromatic carbocycles. The Morgan fingerprint density at radius 1 is 1.11 bits per heavy atom. The topological polar surface area (TPSA) is 26.3 Å². The quantitative estimate of drug-likeness (QED) is 0.813. The molecule has 0 aliphatic heterocycles. The van der Waals surface area contributed by atoms with Crippen LogP contribution < -0.4 is 0 Å². The van der Waals surface area contributed by atoms with Gasteiger partial charge in [0, 0.05) is 5.41 Å². The molecule has 3 rings (SSSR count). The van der Waals surface area contributed by atoms with E-state index in [1.807, 2.05) is 30.3 Å². The average molecular weight is 244 g/mol. The molecule has 2 heteroatoms. The van der Waals surface area contributed by atoms with Crippen LogP contribution in [0, 0.1) is 5.41 Å². The van der Waals surface area contributed by atoms with Gasteiger partial charge in [0.1, 0.15) is 6.10 Å². The van der Waals surface area contributed by atoms with Crippen LogP contribution in [0.1, 0.15) is 44.1 Å².